The Balaban J connectivity index is 2.27. The smallest absolute Gasteiger partial charge is 0.138 e. The molecule has 0 aliphatic rings. The highest BCUT2D eigenvalue weighted by molar-refractivity contribution is 9.10. The van der Waals surface area contributed by atoms with Gasteiger partial charge in [-0.05, 0) is 25.5 Å². The summed E-state index contributed by atoms with van der Waals surface area (Å²) in [6, 6.07) is 6.24. The molecule has 19 heavy (non-hydrogen) atoms. The largest absolute Gasteiger partial charge is 0.271 e. The average molecular weight is 324 g/mol. The number of hydrazine groups is 1. The highest BCUT2D eigenvalue weighted by Gasteiger charge is 2.16. The second-order valence-corrected chi connectivity index (χ2v) is 5.29. The van der Waals surface area contributed by atoms with Crippen molar-refractivity contribution in [2.75, 3.05) is 0 Å². The molecule has 1 atom stereocenters. The molecular weight excluding hydrogens is 306 g/mol. The predicted octanol–water partition coefficient (Wildman–Crippen LogP) is 2.12. The molecule has 0 saturated carbocycles. The molecule has 0 bridgehead atoms. The second kappa shape index (κ2) is 6.27. The van der Waals surface area contributed by atoms with Gasteiger partial charge in [-0.15, -0.1) is 0 Å². The summed E-state index contributed by atoms with van der Waals surface area (Å²) in [5.74, 6) is 6.63. The third-order valence-electron chi connectivity index (χ3n) is 3.11. The summed E-state index contributed by atoms with van der Waals surface area (Å²) in [5, 5.41) is 4.18. The highest BCUT2D eigenvalue weighted by atomic mass is 79.9. The molecule has 6 heteroatoms. The van der Waals surface area contributed by atoms with Gasteiger partial charge in [-0.2, -0.15) is 5.10 Å². The van der Waals surface area contributed by atoms with Crippen LogP contribution < -0.4 is 11.3 Å². The average Bonchev–Trinajstić information content (AvgIpc) is 2.86. The van der Waals surface area contributed by atoms with E-state index in [1.54, 1.807) is 6.33 Å². The number of hydrogen-bond acceptors (Lipinski definition) is 4. The van der Waals surface area contributed by atoms with Gasteiger partial charge in [-0.1, -0.05) is 33.6 Å². The third kappa shape index (κ3) is 3.20. The van der Waals surface area contributed by atoms with Gasteiger partial charge in [0.2, 0.25) is 0 Å². The predicted molar refractivity (Wildman–Crippen MR) is 78.3 cm³/mol. The number of benzene rings is 1. The van der Waals surface area contributed by atoms with Crippen LogP contribution in [0.1, 0.15) is 29.9 Å². The quantitative estimate of drug-likeness (QED) is 0.653. The van der Waals surface area contributed by atoms with Crippen LogP contribution in [0.15, 0.2) is 29.0 Å². The zero-order valence-corrected chi connectivity index (χ0v) is 12.7. The first-order valence-corrected chi connectivity index (χ1v) is 7.03. The van der Waals surface area contributed by atoms with Crippen LogP contribution in [0.4, 0.5) is 0 Å². The minimum Gasteiger partial charge on any atom is -0.271 e. The number of halogens is 1. The molecule has 0 radical (unpaired) electrons. The van der Waals surface area contributed by atoms with E-state index < -0.39 is 0 Å². The topological polar surface area (TPSA) is 68.8 Å². The van der Waals surface area contributed by atoms with Gasteiger partial charge in [0.05, 0.1) is 6.04 Å². The molecule has 0 fully saturated rings. The molecule has 0 amide bonds. The van der Waals surface area contributed by atoms with Crippen molar-refractivity contribution < 1.29 is 0 Å². The lowest BCUT2D eigenvalue weighted by molar-refractivity contribution is 0.508. The van der Waals surface area contributed by atoms with Gasteiger partial charge >= 0.3 is 0 Å². The van der Waals surface area contributed by atoms with E-state index in [4.69, 9.17) is 5.84 Å². The molecule has 1 aromatic carbocycles. The van der Waals surface area contributed by atoms with E-state index in [1.165, 1.54) is 5.56 Å². The summed E-state index contributed by atoms with van der Waals surface area (Å²) >= 11 is 3.57. The van der Waals surface area contributed by atoms with Gasteiger partial charge in [0.15, 0.2) is 0 Å². The van der Waals surface area contributed by atoms with Crippen LogP contribution in [0.2, 0.25) is 0 Å². The van der Waals surface area contributed by atoms with Gasteiger partial charge in [0.1, 0.15) is 12.2 Å². The van der Waals surface area contributed by atoms with Crippen molar-refractivity contribution in [2.24, 2.45) is 5.84 Å². The summed E-state index contributed by atoms with van der Waals surface area (Å²) in [4.78, 5) is 4.29. The standard InChI is InChI=1S/C13H18BrN5/c1-3-19-13(16-8-17-19)7-12(18-15)10-6-9(2)4-5-11(10)14/h4-6,8,12,18H,3,7,15H2,1-2H3. The van der Waals surface area contributed by atoms with Crippen molar-refractivity contribution in [1.82, 2.24) is 20.2 Å². The molecule has 2 rings (SSSR count). The van der Waals surface area contributed by atoms with Crippen LogP contribution in [-0.4, -0.2) is 14.8 Å². The number of nitrogens with one attached hydrogen (secondary N) is 1. The summed E-state index contributed by atoms with van der Waals surface area (Å²) in [6.45, 7) is 4.92. The lowest BCUT2D eigenvalue weighted by atomic mass is 10.0. The minimum atomic E-state index is 0.00350. The normalized spacial score (nSPS) is 12.6. The molecule has 3 N–H and O–H groups in total. The number of aromatic nitrogens is 3. The Morgan fingerprint density at radius 1 is 1.47 bits per heavy atom. The molecule has 102 valence electrons. The minimum absolute atomic E-state index is 0.00350. The first-order chi connectivity index (χ1) is 9.15. The third-order valence-corrected chi connectivity index (χ3v) is 3.83. The van der Waals surface area contributed by atoms with Crippen molar-refractivity contribution in [3.8, 4) is 0 Å². The SMILES string of the molecule is CCn1ncnc1CC(NN)c1cc(C)ccc1Br. The number of nitrogens with zero attached hydrogens (tertiary/aromatic N) is 3. The van der Waals surface area contributed by atoms with Crippen LogP contribution in [-0.2, 0) is 13.0 Å². The van der Waals surface area contributed by atoms with Crippen LogP contribution >= 0.6 is 15.9 Å². The van der Waals surface area contributed by atoms with E-state index in [2.05, 4.69) is 50.5 Å². The number of aryl methyl sites for hydroxylation is 2. The first-order valence-electron chi connectivity index (χ1n) is 6.24. The lowest BCUT2D eigenvalue weighted by Gasteiger charge is -2.18. The Hall–Kier alpha value is -1.24. The van der Waals surface area contributed by atoms with Crippen molar-refractivity contribution >= 4 is 15.9 Å². The summed E-state index contributed by atoms with van der Waals surface area (Å²) in [7, 11) is 0. The maximum Gasteiger partial charge on any atom is 0.138 e. The van der Waals surface area contributed by atoms with Gasteiger partial charge in [-0.25, -0.2) is 4.98 Å². The fraction of sp³-hybridized carbons (Fsp3) is 0.385. The Kier molecular flexibility index (Phi) is 4.68. The monoisotopic (exact) mass is 323 g/mol. The molecule has 0 aliphatic carbocycles. The van der Waals surface area contributed by atoms with Crippen LogP contribution in [0.25, 0.3) is 0 Å². The van der Waals surface area contributed by atoms with E-state index in [9.17, 15) is 0 Å². The van der Waals surface area contributed by atoms with Crippen molar-refractivity contribution in [1.29, 1.82) is 0 Å². The maximum atomic E-state index is 5.70. The number of rotatable bonds is 5. The highest BCUT2D eigenvalue weighted by Crippen LogP contribution is 2.26. The number of hydrogen-bond donors (Lipinski definition) is 2. The molecule has 0 saturated heterocycles. The lowest BCUT2D eigenvalue weighted by Crippen LogP contribution is -2.30. The molecule has 1 aromatic heterocycles. The van der Waals surface area contributed by atoms with Gasteiger partial charge in [-0.3, -0.25) is 16.0 Å². The van der Waals surface area contributed by atoms with E-state index in [1.807, 2.05) is 17.7 Å². The number of nitrogens with two attached hydrogens (primary N) is 1. The van der Waals surface area contributed by atoms with Gasteiger partial charge < -0.3 is 0 Å². The van der Waals surface area contributed by atoms with Gasteiger partial charge in [0, 0.05) is 17.4 Å². The van der Waals surface area contributed by atoms with E-state index in [0.717, 1.165) is 22.4 Å². The molecule has 0 spiro atoms. The summed E-state index contributed by atoms with van der Waals surface area (Å²) in [6.07, 6.45) is 2.28. The van der Waals surface area contributed by atoms with Gasteiger partial charge in [0.25, 0.3) is 0 Å². The fourth-order valence-corrected chi connectivity index (χ4v) is 2.60. The summed E-state index contributed by atoms with van der Waals surface area (Å²) < 4.78 is 2.93. The van der Waals surface area contributed by atoms with Crippen LogP contribution in [0.3, 0.4) is 0 Å². The van der Waals surface area contributed by atoms with E-state index in [0.29, 0.717) is 6.42 Å². The fourth-order valence-electron chi connectivity index (χ4n) is 2.08. The molecule has 1 heterocycles. The van der Waals surface area contributed by atoms with Crippen LogP contribution in [0, 0.1) is 6.92 Å². The second-order valence-electron chi connectivity index (χ2n) is 4.44. The first kappa shape index (κ1) is 14.2. The Labute approximate surface area is 121 Å². The zero-order valence-electron chi connectivity index (χ0n) is 11.1. The van der Waals surface area contributed by atoms with Crippen molar-refractivity contribution in [3.05, 3.63) is 46.0 Å². The Bertz CT molecular complexity index is 552. The van der Waals surface area contributed by atoms with Crippen molar-refractivity contribution in [3.63, 3.8) is 0 Å². The van der Waals surface area contributed by atoms with E-state index in [-0.39, 0.29) is 6.04 Å². The van der Waals surface area contributed by atoms with E-state index >= 15 is 0 Å². The Morgan fingerprint density at radius 2 is 2.26 bits per heavy atom. The molecule has 0 aliphatic heterocycles. The van der Waals surface area contributed by atoms with Crippen LogP contribution in [0.5, 0.6) is 0 Å². The molecule has 5 nitrogen and oxygen atoms in total. The zero-order chi connectivity index (χ0) is 13.8. The maximum absolute atomic E-state index is 5.70. The molecule has 2 aromatic rings. The van der Waals surface area contributed by atoms with Crippen molar-refractivity contribution in [2.45, 2.75) is 32.9 Å². The Morgan fingerprint density at radius 3 is 2.95 bits per heavy atom. The molecule has 1 unspecified atom stereocenters. The molecular formula is C13H18BrN5. The summed E-state index contributed by atoms with van der Waals surface area (Å²) in [5.41, 5.74) is 5.20.